The van der Waals surface area contributed by atoms with Crippen molar-refractivity contribution in [2.45, 2.75) is 0 Å². The fraction of sp³-hybridized carbons (Fsp3) is 0. The average molecular weight is 199 g/mol. The lowest BCUT2D eigenvalue weighted by Gasteiger charge is -2.00. The molecule has 1 aromatic rings. The summed E-state index contributed by atoms with van der Waals surface area (Å²) in [6.07, 6.45) is 0. The van der Waals surface area contributed by atoms with E-state index in [1.807, 2.05) is 0 Å². The second kappa shape index (κ2) is 2.83. The van der Waals surface area contributed by atoms with Gasteiger partial charge in [0, 0.05) is 0 Å². The average Bonchev–Trinajstić information content (AvgIpc) is 1.97. The summed E-state index contributed by atoms with van der Waals surface area (Å²) in [7, 11) is 0. The zero-order chi connectivity index (χ0) is 8.59. The minimum atomic E-state index is -1.43. The molecule has 0 aliphatic carbocycles. The molecule has 0 atom stereocenters. The summed E-state index contributed by atoms with van der Waals surface area (Å²) in [5.74, 6) is -3.65. The minimum absolute atomic E-state index is 0.311. The molecule has 0 fully saturated rings. The predicted octanol–water partition coefficient (Wildman–Crippen LogP) is 2.98. The topological polar surface area (TPSA) is 20.2 Å². The zero-order valence-corrected chi connectivity index (χ0v) is 6.55. The van der Waals surface area contributed by atoms with E-state index in [4.69, 9.17) is 28.3 Å². The maximum absolute atomic E-state index is 12.5. The van der Waals surface area contributed by atoms with E-state index >= 15 is 0 Å². The van der Waals surface area contributed by atoms with Gasteiger partial charge in [-0.1, -0.05) is 23.2 Å². The largest absolute Gasteiger partial charge is 0.504 e. The highest BCUT2D eigenvalue weighted by atomic mass is 35.5. The van der Waals surface area contributed by atoms with Crippen molar-refractivity contribution in [3.63, 3.8) is 0 Å². The van der Waals surface area contributed by atoms with E-state index in [0.29, 0.717) is 0 Å². The van der Waals surface area contributed by atoms with E-state index in [-0.39, 0.29) is 5.02 Å². The number of benzene rings is 1. The van der Waals surface area contributed by atoms with Crippen molar-refractivity contribution < 1.29 is 13.9 Å². The van der Waals surface area contributed by atoms with Crippen LogP contribution in [0.2, 0.25) is 10.0 Å². The second-order valence-corrected chi connectivity index (χ2v) is 2.63. The van der Waals surface area contributed by atoms with Crippen molar-refractivity contribution in [3.8, 4) is 5.75 Å². The van der Waals surface area contributed by atoms with Crippen molar-refractivity contribution >= 4 is 23.2 Å². The number of aromatic hydroxyl groups is 1. The zero-order valence-electron chi connectivity index (χ0n) is 5.04. The smallest absolute Gasteiger partial charge is 0.203 e. The number of hydrogen-bond donors (Lipinski definition) is 1. The number of hydrogen-bond acceptors (Lipinski definition) is 1. The van der Waals surface area contributed by atoms with Crippen LogP contribution in [0, 0.1) is 11.6 Å². The van der Waals surface area contributed by atoms with Gasteiger partial charge < -0.3 is 5.11 Å². The Balaban J connectivity index is 3.46. The molecule has 1 N–H and O–H groups in total. The fourth-order valence-electron chi connectivity index (χ4n) is 0.557. The van der Waals surface area contributed by atoms with Crippen molar-refractivity contribution in [2.24, 2.45) is 0 Å². The molecule has 60 valence electrons. The molecule has 5 heteroatoms. The molecule has 0 saturated heterocycles. The van der Waals surface area contributed by atoms with Crippen molar-refractivity contribution in [2.75, 3.05) is 0 Å². The van der Waals surface area contributed by atoms with Gasteiger partial charge in [0.25, 0.3) is 0 Å². The van der Waals surface area contributed by atoms with Gasteiger partial charge in [-0.3, -0.25) is 0 Å². The normalized spacial score (nSPS) is 10.2. The standard InChI is InChI=1S/C6H2Cl2F2O/c7-2-1-3(8)6(11)5(10)4(2)9/h1,11H. The lowest BCUT2D eigenvalue weighted by Crippen LogP contribution is -1.86. The SMILES string of the molecule is Oc1c(Cl)cc(Cl)c(F)c1F. The fourth-order valence-corrected chi connectivity index (χ4v) is 0.997. The Morgan fingerprint density at radius 2 is 1.64 bits per heavy atom. The summed E-state index contributed by atoms with van der Waals surface area (Å²) in [6, 6.07) is 0.927. The molecule has 0 amide bonds. The van der Waals surface area contributed by atoms with Crippen LogP contribution in [0.25, 0.3) is 0 Å². The molecule has 1 rings (SSSR count). The molecular weight excluding hydrogens is 197 g/mol. The number of halogens is 4. The monoisotopic (exact) mass is 198 g/mol. The highest BCUT2D eigenvalue weighted by Gasteiger charge is 2.15. The van der Waals surface area contributed by atoms with Gasteiger partial charge in [0.15, 0.2) is 11.6 Å². The highest BCUT2D eigenvalue weighted by molar-refractivity contribution is 6.35. The molecule has 0 saturated carbocycles. The highest BCUT2D eigenvalue weighted by Crippen LogP contribution is 2.32. The molecule has 0 aromatic heterocycles. The lowest BCUT2D eigenvalue weighted by molar-refractivity contribution is 0.407. The third-order valence-corrected chi connectivity index (χ3v) is 1.65. The Kier molecular flexibility index (Phi) is 2.20. The molecule has 1 nitrogen and oxygen atoms in total. The Labute approximate surface area is 71.2 Å². The number of phenols is 1. The maximum Gasteiger partial charge on any atom is 0.203 e. The van der Waals surface area contributed by atoms with Crippen LogP contribution in [-0.2, 0) is 0 Å². The molecule has 11 heavy (non-hydrogen) atoms. The summed E-state index contributed by atoms with van der Waals surface area (Å²) >= 11 is 10.4. The molecule has 0 heterocycles. The minimum Gasteiger partial charge on any atom is -0.504 e. The summed E-state index contributed by atoms with van der Waals surface area (Å²) in [4.78, 5) is 0. The van der Waals surface area contributed by atoms with Crippen LogP contribution in [-0.4, -0.2) is 5.11 Å². The van der Waals surface area contributed by atoms with E-state index in [2.05, 4.69) is 0 Å². The molecular formula is C6H2Cl2F2O. The van der Waals surface area contributed by atoms with E-state index in [1.165, 1.54) is 0 Å². The molecule has 0 unspecified atom stereocenters. The van der Waals surface area contributed by atoms with Gasteiger partial charge in [-0.2, -0.15) is 4.39 Å². The van der Waals surface area contributed by atoms with E-state index < -0.39 is 22.4 Å². The van der Waals surface area contributed by atoms with Crippen molar-refractivity contribution in [1.82, 2.24) is 0 Å². The number of phenolic OH excluding ortho intramolecular Hbond substituents is 1. The van der Waals surface area contributed by atoms with Crippen LogP contribution in [0.5, 0.6) is 5.75 Å². The van der Waals surface area contributed by atoms with Crippen molar-refractivity contribution in [1.29, 1.82) is 0 Å². The van der Waals surface area contributed by atoms with Crippen LogP contribution in [0.4, 0.5) is 8.78 Å². The molecule has 1 aromatic carbocycles. The summed E-state index contributed by atoms with van der Waals surface area (Å²) < 4.78 is 24.9. The Bertz CT molecular complexity index is 275. The van der Waals surface area contributed by atoms with Gasteiger partial charge in [0.1, 0.15) is 0 Å². The number of rotatable bonds is 0. The van der Waals surface area contributed by atoms with E-state index in [9.17, 15) is 8.78 Å². The van der Waals surface area contributed by atoms with Gasteiger partial charge in [-0.15, -0.1) is 0 Å². The molecule has 0 radical (unpaired) electrons. The van der Waals surface area contributed by atoms with E-state index in [0.717, 1.165) is 6.07 Å². The first-order chi connectivity index (χ1) is 5.04. The quantitative estimate of drug-likeness (QED) is 0.502. The second-order valence-electron chi connectivity index (χ2n) is 1.82. The van der Waals surface area contributed by atoms with Gasteiger partial charge in [0.05, 0.1) is 10.0 Å². The summed E-state index contributed by atoms with van der Waals surface area (Å²) in [5.41, 5.74) is 0. The third kappa shape index (κ3) is 1.39. The van der Waals surface area contributed by atoms with Crippen LogP contribution in [0.15, 0.2) is 6.07 Å². The lowest BCUT2D eigenvalue weighted by atomic mass is 10.3. The molecule has 0 aliphatic rings. The Morgan fingerprint density at radius 1 is 1.09 bits per heavy atom. The van der Waals surface area contributed by atoms with Crippen LogP contribution in [0.1, 0.15) is 0 Å². The van der Waals surface area contributed by atoms with Gasteiger partial charge >= 0.3 is 0 Å². The molecule has 0 spiro atoms. The first kappa shape index (κ1) is 8.56. The predicted molar refractivity (Wildman–Crippen MR) is 38.0 cm³/mol. The maximum atomic E-state index is 12.5. The first-order valence-corrected chi connectivity index (χ1v) is 3.31. The van der Waals surface area contributed by atoms with E-state index in [1.54, 1.807) is 0 Å². The Morgan fingerprint density at radius 3 is 2.18 bits per heavy atom. The van der Waals surface area contributed by atoms with Gasteiger partial charge in [0.2, 0.25) is 5.82 Å². The first-order valence-electron chi connectivity index (χ1n) is 2.56. The van der Waals surface area contributed by atoms with Crippen LogP contribution >= 0.6 is 23.2 Å². The van der Waals surface area contributed by atoms with Crippen molar-refractivity contribution in [3.05, 3.63) is 27.7 Å². The van der Waals surface area contributed by atoms with Gasteiger partial charge in [-0.05, 0) is 6.07 Å². The van der Waals surface area contributed by atoms with Crippen LogP contribution in [0.3, 0.4) is 0 Å². The third-order valence-electron chi connectivity index (χ3n) is 1.09. The molecule has 0 aliphatic heterocycles. The Hall–Kier alpha value is -0.540. The summed E-state index contributed by atoms with van der Waals surface area (Å²) in [6.45, 7) is 0. The van der Waals surface area contributed by atoms with Crippen LogP contribution < -0.4 is 0 Å². The molecule has 0 bridgehead atoms. The summed E-state index contributed by atoms with van der Waals surface area (Å²) in [5, 5.41) is 7.94. The van der Waals surface area contributed by atoms with Gasteiger partial charge in [-0.25, -0.2) is 4.39 Å².